The predicted molar refractivity (Wildman–Crippen MR) is 78.0 cm³/mol. The normalized spacial score (nSPS) is 9.74. The molecule has 0 saturated heterocycles. The fraction of sp³-hybridized carbons (Fsp3) is 0.0667. The summed E-state index contributed by atoms with van der Waals surface area (Å²) < 4.78 is 0.727. The van der Waals surface area contributed by atoms with E-state index >= 15 is 0 Å². The van der Waals surface area contributed by atoms with Crippen molar-refractivity contribution >= 4 is 27.5 Å². The molecule has 0 aromatic heterocycles. The number of nitrogens with one attached hydrogen (secondary N) is 1. The van der Waals surface area contributed by atoms with Gasteiger partial charge in [-0.05, 0) is 47.1 Å². The van der Waals surface area contributed by atoms with Crippen LogP contribution in [-0.2, 0) is 0 Å². The lowest BCUT2D eigenvalue weighted by Crippen LogP contribution is -2.13. The third-order valence-corrected chi connectivity index (χ3v) is 3.35. The number of nitriles is 1. The molecule has 2 aromatic rings. The second-order valence-electron chi connectivity index (χ2n) is 4.09. The summed E-state index contributed by atoms with van der Waals surface area (Å²) in [5.41, 5.74) is 2.51. The number of benzene rings is 2. The van der Waals surface area contributed by atoms with Gasteiger partial charge in [0.05, 0.1) is 16.8 Å². The molecular weight excluding hydrogens is 304 g/mol. The minimum Gasteiger partial charge on any atom is -0.321 e. The molecular formula is C15H11BrN2O. The number of aryl methyl sites for hydroxylation is 1. The molecule has 0 aliphatic heterocycles. The SMILES string of the molecule is Cc1ccc(Br)c(C(=O)Nc2ccccc2C#N)c1. The number of nitrogens with zero attached hydrogens (tertiary/aromatic N) is 1. The van der Waals surface area contributed by atoms with E-state index in [2.05, 4.69) is 27.3 Å². The van der Waals surface area contributed by atoms with Crippen molar-refractivity contribution in [2.75, 3.05) is 5.32 Å². The Morgan fingerprint density at radius 1 is 1.26 bits per heavy atom. The minimum atomic E-state index is -0.238. The molecule has 0 atom stereocenters. The van der Waals surface area contributed by atoms with E-state index in [1.807, 2.05) is 19.1 Å². The Labute approximate surface area is 120 Å². The number of hydrogen-bond donors (Lipinski definition) is 1. The first-order valence-corrected chi connectivity index (χ1v) is 6.48. The topological polar surface area (TPSA) is 52.9 Å². The van der Waals surface area contributed by atoms with Crippen LogP contribution in [0.3, 0.4) is 0 Å². The van der Waals surface area contributed by atoms with E-state index in [1.165, 1.54) is 0 Å². The quantitative estimate of drug-likeness (QED) is 0.914. The van der Waals surface area contributed by atoms with Gasteiger partial charge in [-0.25, -0.2) is 0 Å². The van der Waals surface area contributed by atoms with Crippen LogP contribution in [0.25, 0.3) is 0 Å². The van der Waals surface area contributed by atoms with Gasteiger partial charge in [-0.3, -0.25) is 4.79 Å². The molecule has 0 fully saturated rings. The second-order valence-corrected chi connectivity index (χ2v) is 4.95. The number of halogens is 1. The molecule has 0 heterocycles. The van der Waals surface area contributed by atoms with Crippen LogP contribution in [0.5, 0.6) is 0 Å². The molecule has 2 rings (SSSR count). The Morgan fingerprint density at radius 2 is 2.00 bits per heavy atom. The third-order valence-electron chi connectivity index (χ3n) is 2.66. The van der Waals surface area contributed by atoms with Gasteiger partial charge >= 0.3 is 0 Å². The number of para-hydroxylation sites is 1. The van der Waals surface area contributed by atoms with Gasteiger partial charge in [-0.1, -0.05) is 23.8 Å². The van der Waals surface area contributed by atoms with Crippen LogP contribution < -0.4 is 5.32 Å². The molecule has 4 heteroatoms. The van der Waals surface area contributed by atoms with Crippen LogP contribution in [0.4, 0.5) is 5.69 Å². The maximum atomic E-state index is 12.2. The summed E-state index contributed by atoms with van der Waals surface area (Å²) in [5, 5.41) is 11.7. The summed E-state index contributed by atoms with van der Waals surface area (Å²) in [7, 11) is 0. The van der Waals surface area contributed by atoms with Gasteiger partial charge in [0.15, 0.2) is 0 Å². The van der Waals surface area contributed by atoms with E-state index in [-0.39, 0.29) is 5.91 Å². The Bertz CT molecular complexity index is 674. The maximum Gasteiger partial charge on any atom is 0.256 e. The van der Waals surface area contributed by atoms with E-state index in [9.17, 15) is 4.79 Å². The Hall–Kier alpha value is -2.12. The molecule has 0 aliphatic carbocycles. The van der Waals surface area contributed by atoms with Gasteiger partial charge in [0.1, 0.15) is 6.07 Å². The van der Waals surface area contributed by atoms with Crippen LogP contribution in [-0.4, -0.2) is 5.91 Å². The Morgan fingerprint density at radius 3 is 2.74 bits per heavy atom. The van der Waals surface area contributed by atoms with Gasteiger partial charge in [-0.2, -0.15) is 5.26 Å². The summed E-state index contributed by atoms with van der Waals surface area (Å²) >= 11 is 3.35. The van der Waals surface area contributed by atoms with Crippen molar-refractivity contribution < 1.29 is 4.79 Å². The highest BCUT2D eigenvalue weighted by atomic mass is 79.9. The van der Waals surface area contributed by atoms with E-state index in [4.69, 9.17) is 5.26 Å². The second kappa shape index (κ2) is 5.68. The highest BCUT2D eigenvalue weighted by molar-refractivity contribution is 9.10. The molecule has 3 nitrogen and oxygen atoms in total. The molecule has 19 heavy (non-hydrogen) atoms. The summed E-state index contributed by atoms with van der Waals surface area (Å²) in [6, 6.07) is 14.5. The van der Waals surface area contributed by atoms with Crippen molar-refractivity contribution in [3.05, 3.63) is 63.6 Å². The van der Waals surface area contributed by atoms with Crippen molar-refractivity contribution in [2.45, 2.75) is 6.92 Å². The molecule has 0 saturated carbocycles. The zero-order valence-corrected chi connectivity index (χ0v) is 11.9. The lowest BCUT2D eigenvalue weighted by atomic mass is 10.1. The number of anilines is 1. The average Bonchev–Trinajstić information content (AvgIpc) is 2.42. The largest absolute Gasteiger partial charge is 0.321 e. The molecule has 94 valence electrons. The summed E-state index contributed by atoms with van der Waals surface area (Å²) in [6.45, 7) is 1.92. The Balaban J connectivity index is 2.31. The van der Waals surface area contributed by atoms with E-state index < -0.39 is 0 Å². The predicted octanol–water partition coefficient (Wildman–Crippen LogP) is 3.88. The monoisotopic (exact) mass is 314 g/mol. The molecule has 0 aliphatic rings. The van der Waals surface area contributed by atoms with Crippen molar-refractivity contribution in [1.29, 1.82) is 5.26 Å². The van der Waals surface area contributed by atoms with Gasteiger partial charge < -0.3 is 5.32 Å². The summed E-state index contributed by atoms with van der Waals surface area (Å²) in [4.78, 5) is 12.2. The fourth-order valence-electron chi connectivity index (χ4n) is 1.69. The third kappa shape index (κ3) is 3.01. The average molecular weight is 315 g/mol. The number of carbonyl (C=O) groups excluding carboxylic acids is 1. The van der Waals surface area contributed by atoms with Crippen LogP contribution in [0, 0.1) is 18.3 Å². The van der Waals surface area contributed by atoms with Crippen LogP contribution >= 0.6 is 15.9 Å². The molecule has 1 N–H and O–H groups in total. The lowest BCUT2D eigenvalue weighted by Gasteiger charge is -2.08. The first kappa shape index (κ1) is 13.3. The molecule has 2 aromatic carbocycles. The zero-order valence-electron chi connectivity index (χ0n) is 10.3. The Kier molecular flexibility index (Phi) is 3.98. The standard InChI is InChI=1S/C15H11BrN2O/c1-10-6-7-13(16)12(8-10)15(19)18-14-5-3-2-4-11(14)9-17/h2-8H,1H3,(H,18,19). The van der Waals surface area contributed by atoms with Gasteiger partial charge in [0.2, 0.25) is 0 Å². The number of amides is 1. The van der Waals surface area contributed by atoms with Crippen molar-refractivity contribution in [3.63, 3.8) is 0 Å². The number of hydrogen-bond acceptors (Lipinski definition) is 2. The first-order valence-electron chi connectivity index (χ1n) is 5.68. The molecule has 1 amide bonds. The zero-order chi connectivity index (χ0) is 13.8. The van der Waals surface area contributed by atoms with Gasteiger partial charge in [-0.15, -0.1) is 0 Å². The minimum absolute atomic E-state index is 0.238. The van der Waals surface area contributed by atoms with Crippen LogP contribution in [0.2, 0.25) is 0 Å². The summed E-state index contributed by atoms with van der Waals surface area (Å²) in [6.07, 6.45) is 0. The van der Waals surface area contributed by atoms with Crippen LogP contribution in [0.1, 0.15) is 21.5 Å². The van der Waals surface area contributed by atoms with E-state index in [1.54, 1.807) is 30.3 Å². The lowest BCUT2D eigenvalue weighted by molar-refractivity contribution is 0.102. The fourth-order valence-corrected chi connectivity index (χ4v) is 2.12. The number of rotatable bonds is 2. The molecule has 0 unspecified atom stereocenters. The highest BCUT2D eigenvalue weighted by Crippen LogP contribution is 2.21. The van der Waals surface area contributed by atoms with Crippen molar-refractivity contribution in [3.8, 4) is 6.07 Å². The maximum absolute atomic E-state index is 12.2. The summed E-state index contributed by atoms with van der Waals surface area (Å²) in [5.74, 6) is -0.238. The number of carbonyl (C=O) groups is 1. The molecule has 0 radical (unpaired) electrons. The highest BCUT2D eigenvalue weighted by Gasteiger charge is 2.12. The van der Waals surface area contributed by atoms with E-state index in [0.717, 1.165) is 10.0 Å². The van der Waals surface area contributed by atoms with Crippen molar-refractivity contribution in [1.82, 2.24) is 0 Å². The van der Waals surface area contributed by atoms with Gasteiger partial charge in [0, 0.05) is 4.47 Å². The molecule has 0 bridgehead atoms. The van der Waals surface area contributed by atoms with E-state index in [0.29, 0.717) is 16.8 Å². The smallest absolute Gasteiger partial charge is 0.256 e. The van der Waals surface area contributed by atoms with Crippen molar-refractivity contribution in [2.24, 2.45) is 0 Å². The van der Waals surface area contributed by atoms with Gasteiger partial charge in [0.25, 0.3) is 5.91 Å². The first-order chi connectivity index (χ1) is 9.11. The van der Waals surface area contributed by atoms with Crippen LogP contribution in [0.15, 0.2) is 46.9 Å². The molecule has 0 spiro atoms.